The zero-order chi connectivity index (χ0) is 23.8. The molecule has 172 valence electrons. The summed E-state index contributed by atoms with van der Waals surface area (Å²) in [5.41, 5.74) is 2.08. The molecule has 0 unspecified atom stereocenters. The van der Waals surface area contributed by atoms with Gasteiger partial charge in [0.05, 0.1) is 19.8 Å². The maximum atomic E-state index is 12.5. The molecule has 0 radical (unpaired) electrons. The average molecular weight is 450 g/mol. The van der Waals surface area contributed by atoms with Gasteiger partial charge in [-0.1, -0.05) is 26.0 Å². The Bertz CT molecular complexity index is 1090. The standard InChI is InChI=1S/C26H27NO6/c1-17(2)18-5-10-22(11-6-18)33-26(29)19-7-14-23(24(15-19)31-4)32-16-25(28)27-20-8-12-21(30-3)13-9-20/h5-15,17H,16H2,1-4H3,(H,27,28). The number of amides is 1. The van der Waals surface area contributed by atoms with E-state index in [1.165, 1.54) is 13.2 Å². The van der Waals surface area contributed by atoms with Crippen molar-refractivity contribution in [1.29, 1.82) is 0 Å². The highest BCUT2D eigenvalue weighted by Gasteiger charge is 2.15. The van der Waals surface area contributed by atoms with Crippen LogP contribution in [-0.4, -0.2) is 32.7 Å². The summed E-state index contributed by atoms with van der Waals surface area (Å²) in [5.74, 6) is 1.34. The molecule has 1 N–H and O–H groups in total. The van der Waals surface area contributed by atoms with E-state index in [9.17, 15) is 9.59 Å². The van der Waals surface area contributed by atoms with Crippen LogP contribution in [0.3, 0.4) is 0 Å². The molecule has 33 heavy (non-hydrogen) atoms. The van der Waals surface area contributed by atoms with Gasteiger partial charge >= 0.3 is 5.97 Å². The van der Waals surface area contributed by atoms with Crippen LogP contribution in [0.4, 0.5) is 5.69 Å². The fourth-order valence-electron chi connectivity index (χ4n) is 3.02. The Hall–Kier alpha value is -4.00. The summed E-state index contributed by atoms with van der Waals surface area (Å²) < 4.78 is 21.4. The van der Waals surface area contributed by atoms with Crippen molar-refractivity contribution < 1.29 is 28.5 Å². The molecular weight excluding hydrogens is 422 g/mol. The largest absolute Gasteiger partial charge is 0.497 e. The van der Waals surface area contributed by atoms with Crippen LogP contribution in [0.25, 0.3) is 0 Å². The van der Waals surface area contributed by atoms with Crippen LogP contribution < -0.4 is 24.3 Å². The Kier molecular flexibility index (Phi) is 7.91. The van der Waals surface area contributed by atoms with Crippen molar-refractivity contribution >= 4 is 17.6 Å². The molecular formula is C26H27NO6. The van der Waals surface area contributed by atoms with Crippen LogP contribution in [0.2, 0.25) is 0 Å². The van der Waals surface area contributed by atoms with E-state index < -0.39 is 5.97 Å². The highest BCUT2D eigenvalue weighted by molar-refractivity contribution is 5.93. The van der Waals surface area contributed by atoms with Gasteiger partial charge in [-0.05, 0) is 66.1 Å². The molecule has 3 aromatic rings. The Morgan fingerprint density at radius 1 is 0.818 bits per heavy atom. The summed E-state index contributed by atoms with van der Waals surface area (Å²) in [7, 11) is 3.03. The first-order valence-electron chi connectivity index (χ1n) is 10.5. The maximum Gasteiger partial charge on any atom is 0.343 e. The van der Waals surface area contributed by atoms with Gasteiger partial charge in [0.25, 0.3) is 5.91 Å². The lowest BCUT2D eigenvalue weighted by Crippen LogP contribution is -2.20. The highest BCUT2D eigenvalue weighted by atomic mass is 16.5. The lowest BCUT2D eigenvalue weighted by Gasteiger charge is -2.12. The first-order valence-corrected chi connectivity index (χ1v) is 10.5. The molecule has 0 aliphatic rings. The number of rotatable bonds is 9. The minimum Gasteiger partial charge on any atom is -0.497 e. The number of benzene rings is 3. The van der Waals surface area contributed by atoms with Crippen molar-refractivity contribution in [3.8, 4) is 23.0 Å². The summed E-state index contributed by atoms with van der Waals surface area (Å²) in [6.45, 7) is 3.97. The lowest BCUT2D eigenvalue weighted by atomic mass is 10.0. The fourth-order valence-corrected chi connectivity index (χ4v) is 3.02. The summed E-state index contributed by atoms with van der Waals surface area (Å²) in [4.78, 5) is 24.7. The summed E-state index contributed by atoms with van der Waals surface area (Å²) >= 11 is 0. The highest BCUT2D eigenvalue weighted by Crippen LogP contribution is 2.29. The van der Waals surface area contributed by atoms with E-state index in [2.05, 4.69) is 19.2 Å². The van der Waals surface area contributed by atoms with E-state index >= 15 is 0 Å². The summed E-state index contributed by atoms with van der Waals surface area (Å²) in [6.07, 6.45) is 0. The van der Waals surface area contributed by atoms with Gasteiger partial charge in [0, 0.05) is 5.69 Å². The van der Waals surface area contributed by atoms with Gasteiger partial charge in [0.1, 0.15) is 11.5 Å². The molecule has 0 saturated carbocycles. The SMILES string of the molecule is COc1ccc(NC(=O)COc2ccc(C(=O)Oc3ccc(C(C)C)cc3)cc2OC)cc1. The number of carbonyl (C=O) groups excluding carboxylic acids is 2. The second-order valence-corrected chi connectivity index (χ2v) is 7.54. The predicted molar refractivity (Wildman–Crippen MR) is 126 cm³/mol. The van der Waals surface area contributed by atoms with Crippen molar-refractivity contribution in [2.24, 2.45) is 0 Å². The topological polar surface area (TPSA) is 83.1 Å². The first-order chi connectivity index (χ1) is 15.9. The van der Waals surface area contributed by atoms with Gasteiger partial charge in [-0.3, -0.25) is 4.79 Å². The quantitative estimate of drug-likeness (QED) is 0.363. The number of anilines is 1. The normalized spacial score (nSPS) is 10.5. The van der Waals surface area contributed by atoms with E-state index in [1.54, 1.807) is 55.6 Å². The molecule has 0 aliphatic heterocycles. The number of hydrogen-bond donors (Lipinski definition) is 1. The van der Waals surface area contributed by atoms with Crippen molar-refractivity contribution in [1.82, 2.24) is 0 Å². The molecule has 3 aromatic carbocycles. The van der Waals surface area contributed by atoms with Crippen LogP contribution in [0.5, 0.6) is 23.0 Å². The van der Waals surface area contributed by atoms with Crippen LogP contribution >= 0.6 is 0 Å². The number of nitrogens with one attached hydrogen (secondary N) is 1. The Balaban J connectivity index is 1.60. The van der Waals surface area contributed by atoms with Gasteiger partial charge < -0.3 is 24.3 Å². The van der Waals surface area contributed by atoms with Crippen molar-refractivity contribution in [3.63, 3.8) is 0 Å². The van der Waals surface area contributed by atoms with Crippen LogP contribution in [0.15, 0.2) is 66.7 Å². The molecule has 0 atom stereocenters. The molecule has 7 nitrogen and oxygen atoms in total. The van der Waals surface area contributed by atoms with E-state index in [1.807, 2.05) is 12.1 Å². The molecule has 7 heteroatoms. The first kappa shape index (κ1) is 23.7. The zero-order valence-electron chi connectivity index (χ0n) is 19.1. The average Bonchev–Trinajstić information content (AvgIpc) is 2.83. The third kappa shape index (κ3) is 6.49. The molecule has 3 rings (SSSR count). The monoisotopic (exact) mass is 449 g/mol. The Morgan fingerprint density at radius 3 is 2.09 bits per heavy atom. The molecule has 0 fully saturated rings. The molecule has 0 aromatic heterocycles. The minimum atomic E-state index is -0.519. The van der Waals surface area contributed by atoms with Crippen LogP contribution in [0, 0.1) is 0 Å². The number of hydrogen-bond acceptors (Lipinski definition) is 6. The number of carbonyl (C=O) groups is 2. The van der Waals surface area contributed by atoms with E-state index in [0.29, 0.717) is 40.2 Å². The molecule has 0 saturated heterocycles. The number of ether oxygens (including phenoxy) is 4. The zero-order valence-corrected chi connectivity index (χ0v) is 19.1. The van der Waals surface area contributed by atoms with Crippen molar-refractivity contribution in [2.75, 3.05) is 26.1 Å². The predicted octanol–water partition coefficient (Wildman–Crippen LogP) is 5.06. The summed E-state index contributed by atoms with van der Waals surface area (Å²) in [6, 6.07) is 19.0. The van der Waals surface area contributed by atoms with Gasteiger partial charge in [0.2, 0.25) is 0 Å². The Labute approximate surface area is 193 Å². The van der Waals surface area contributed by atoms with E-state index in [0.717, 1.165) is 5.56 Å². The third-order valence-electron chi connectivity index (χ3n) is 4.89. The van der Waals surface area contributed by atoms with Gasteiger partial charge in [-0.15, -0.1) is 0 Å². The molecule has 0 heterocycles. The molecule has 0 aliphatic carbocycles. The van der Waals surface area contributed by atoms with Crippen LogP contribution in [-0.2, 0) is 4.79 Å². The number of esters is 1. The number of methoxy groups -OCH3 is 2. The van der Waals surface area contributed by atoms with Gasteiger partial charge in [-0.2, -0.15) is 0 Å². The van der Waals surface area contributed by atoms with Gasteiger partial charge in [-0.25, -0.2) is 4.79 Å². The second kappa shape index (κ2) is 11.0. The lowest BCUT2D eigenvalue weighted by molar-refractivity contribution is -0.118. The van der Waals surface area contributed by atoms with Gasteiger partial charge in [0.15, 0.2) is 18.1 Å². The maximum absolute atomic E-state index is 12.5. The van der Waals surface area contributed by atoms with Crippen molar-refractivity contribution in [2.45, 2.75) is 19.8 Å². The molecule has 1 amide bonds. The van der Waals surface area contributed by atoms with E-state index in [-0.39, 0.29) is 12.5 Å². The Morgan fingerprint density at radius 2 is 1.48 bits per heavy atom. The second-order valence-electron chi connectivity index (χ2n) is 7.54. The minimum absolute atomic E-state index is 0.228. The fraction of sp³-hybridized carbons (Fsp3) is 0.231. The van der Waals surface area contributed by atoms with Crippen molar-refractivity contribution in [3.05, 3.63) is 77.9 Å². The third-order valence-corrected chi connectivity index (χ3v) is 4.89. The molecule has 0 spiro atoms. The molecule has 0 bridgehead atoms. The smallest absolute Gasteiger partial charge is 0.343 e. The van der Waals surface area contributed by atoms with E-state index in [4.69, 9.17) is 18.9 Å². The summed E-state index contributed by atoms with van der Waals surface area (Å²) in [5, 5.41) is 2.73. The van der Waals surface area contributed by atoms with Crippen LogP contribution in [0.1, 0.15) is 35.7 Å².